The van der Waals surface area contributed by atoms with Crippen LogP contribution in [0.25, 0.3) is 0 Å². The minimum Gasteiger partial charge on any atom is -0.376 e. The lowest BCUT2D eigenvalue weighted by atomic mass is 10.1. The zero-order chi connectivity index (χ0) is 18.0. The largest absolute Gasteiger partial charge is 0.376 e. The molecule has 0 aromatic heterocycles. The van der Waals surface area contributed by atoms with E-state index in [-0.39, 0.29) is 23.2 Å². The number of carbonyl (C=O) groups excluding carboxylic acids is 1. The van der Waals surface area contributed by atoms with Gasteiger partial charge in [-0.15, -0.1) is 0 Å². The molecule has 0 aliphatic carbocycles. The Kier molecular flexibility index (Phi) is 4.82. The molecule has 2 aliphatic heterocycles. The normalized spacial score (nSPS) is 25.4. The summed E-state index contributed by atoms with van der Waals surface area (Å²) in [4.78, 5) is 14.1. The van der Waals surface area contributed by atoms with E-state index in [1.54, 1.807) is 11.0 Å². The van der Waals surface area contributed by atoms with Crippen molar-refractivity contribution in [1.82, 2.24) is 10.2 Å². The minimum atomic E-state index is -0.838. The van der Waals surface area contributed by atoms with Gasteiger partial charge in [-0.05, 0) is 31.4 Å². The number of rotatable bonds is 3. The average molecular weight is 345 g/mol. The van der Waals surface area contributed by atoms with Crippen LogP contribution in [0.3, 0.4) is 0 Å². The van der Waals surface area contributed by atoms with Crippen molar-refractivity contribution in [3.05, 3.63) is 29.3 Å². The summed E-state index contributed by atoms with van der Waals surface area (Å²) in [5.41, 5.74) is -0.385. The van der Waals surface area contributed by atoms with Crippen molar-refractivity contribution in [2.24, 2.45) is 0 Å². The van der Waals surface area contributed by atoms with Crippen LogP contribution in [0.4, 0.5) is 14.5 Å². The second-order valence-corrected chi connectivity index (χ2v) is 6.28. The van der Waals surface area contributed by atoms with E-state index in [1.165, 1.54) is 0 Å². The van der Waals surface area contributed by atoms with E-state index >= 15 is 0 Å². The van der Waals surface area contributed by atoms with E-state index < -0.39 is 23.7 Å². The van der Waals surface area contributed by atoms with Crippen molar-refractivity contribution in [1.29, 1.82) is 10.5 Å². The molecular weight excluding hydrogens is 328 g/mol. The van der Waals surface area contributed by atoms with Gasteiger partial charge in [0.05, 0.1) is 23.7 Å². The number of carbonyl (C=O) groups is 1. The predicted octanol–water partition coefficient (Wildman–Crippen LogP) is 1.49. The Balaban J connectivity index is 1.65. The molecule has 2 fully saturated rings. The van der Waals surface area contributed by atoms with Crippen LogP contribution in [0.15, 0.2) is 12.1 Å². The molecule has 2 heterocycles. The third kappa shape index (κ3) is 3.40. The van der Waals surface area contributed by atoms with E-state index in [0.29, 0.717) is 25.9 Å². The number of hydrogen-bond acceptors (Lipinski definition) is 5. The van der Waals surface area contributed by atoms with Gasteiger partial charge in [-0.1, -0.05) is 0 Å². The average Bonchev–Trinajstić information content (AvgIpc) is 3.26. The number of benzene rings is 1. The van der Waals surface area contributed by atoms with Crippen LogP contribution in [0.5, 0.6) is 0 Å². The van der Waals surface area contributed by atoms with Gasteiger partial charge in [-0.2, -0.15) is 10.5 Å². The molecule has 2 N–H and O–H groups in total. The molecular formula is C17H17F2N5O. The summed E-state index contributed by atoms with van der Waals surface area (Å²) in [5.74, 6) is -1.82. The first-order valence-corrected chi connectivity index (χ1v) is 8.12. The second kappa shape index (κ2) is 7.04. The Bertz CT molecular complexity index is 746. The molecule has 0 bridgehead atoms. The first-order valence-electron chi connectivity index (χ1n) is 8.12. The Labute approximate surface area is 144 Å². The summed E-state index contributed by atoms with van der Waals surface area (Å²) in [6.45, 7) is 0.937. The predicted molar refractivity (Wildman–Crippen MR) is 85.2 cm³/mol. The van der Waals surface area contributed by atoms with E-state index in [2.05, 4.69) is 16.7 Å². The number of anilines is 1. The lowest BCUT2D eigenvalue weighted by molar-refractivity contribution is -0.133. The van der Waals surface area contributed by atoms with Crippen molar-refractivity contribution in [3.8, 4) is 12.1 Å². The summed E-state index contributed by atoms with van der Waals surface area (Å²) in [6, 6.07) is 4.57. The third-order valence-electron chi connectivity index (χ3n) is 4.63. The Morgan fingerprint density at radius 3 is 2.68 bits per heavy atom. The van der Waals surface area contributed by atoms with Gasteiger partial charge >= 0.3 is 0 Å². The zero-order valence-electron chi connectivity index (χ0n) is 13.4. The molecule has 3 rings (SSSR count). The molecule has 0 radical (unpaired) electrons. The smallest absolute Gasteiger partial charge is 0.240 e. The summed E-state index contributed by atoms with van der Waals surface area (Å²) in [5, 5.41) is 23.6. The number of amides is 1. The molecule has 3 atom stereocenters. The van der Waals surface area contributed by atoms with E-state index in [1.807, 2.05) is 0 Å². The second-order valence-electron chi connectivity index (χ2n) is 6.28. The molecule has 0 spiro atoms. The number of hydrogen-bond donors (Lipinski definition) is 2. The summed E-state index contributed by atoms with van der Waals surface area (Å²) >= 11 is 0. The molecule has 25 heavy (non-hydrogen) atoms. The van der Waals surface area contributed by atoms with Gasteiger partial charge < -0.3 is 15.5 Å². The highest BCUT2D eigenvalue weighted by molar-refractivity contribution is 5.83. The summed E-state index contributed by atoms with van der Waals surface area (Å²) < 4.78 is 27.9. The van der Waals surface area contributed by atoms with Crippen molar-refractivity contribution >= 4 is 11.6 Å². The standard InChI is InChI=1S/C17H17F2N5O/c18-13-4-10(7-20)5-14(19)16(13)23-11-6-15(22-9-11)17(25)24-3-1-2-12(24)8-21/h4-5,11-12,15,22-23H,1-3,6,9H2/t11-,12?,15-/m0/s1. The molecule has 130 valence electrons. The van der Waals surface area contributed by atoms with Crippen LogP contribution >= 0.6 is 0 Å². The van der Waals surface area contributed by atoms with Gasteiger partial charge in [0.25, 0.3) is 0 Å². The lowest BCUT2D eigenvalue weighted by Gasteiger charge is -2.23. The SMILES string of the molecule is N#Cc1cc(F)c(N[C@@H]2CN[C@H](C(=O)N3CCCC3C#N)C2)c(F)c1. The number of halogens is 2. The van der Waals surface area contributed by atoms with E-state index in [4.69, 9.17) is 10.5 Å². The van der Waals surface area contributed by atoms with Crippen LogP contribution in [0.2, 0.25) is 0 Å². The maximum Gasteiger partial charge on any atom is 0.240 e. The van der Waals surface area contributed by atoms with Gasteiger partial charge in [0, 0.05) is 19.1 Å². The third-order valence-corrected chi connectivity index (χ3v) is 4.63. The van der Waals surface area contributed by atoms with Crippen LogP contribution < -0.4 is 10.6 Å². The monoisotopic (exact) mass is 345 g/mol. The first kappa shape index (κ1) is 17.1. The highest BCUT2D eigenvalue weighted by Crippen LogP contribution is 2.25. The van der Waals surface area contributed by atoms with Crippen LogP contribution in [-0.4, -0.2) is 42.0 Å². The van der Waals surface area contributed by atoms with Crippen LogP contribution in [0, 0.1) is 34.3 Å². The Morgan fingerprint density at radius 1 is 1.32 bits per heavy atom. The molecule has 2 saturated heterocycles. The molecule has 1 aromatic rings. The molecule has 1 amide bonds. The molecule has 1 aromatic carbocycles. The number of nitrogens with one attached hydrogen (secondary N) is 2. The van der Waals surface area contributed by atoms with E-state index in [0.717, 1.165) is 18.6 Å². The minimum absolute atomic E-state index is 0.0882. The molecule has 2 aliphatic rings. The maximum absolute atomic E-state index is 14.0. The van der Waals surface area contributed by atoms with Crippen molar-refractivity contribution < 1.29 is 13.6 Å². The highest BCUT2D eigenvalue weighted by Gasteiger charge is 2.37. The molecule has 6 nitrogen and oxygen atoms in total. The molecule has 8 heteroatoms. The number of nitriles is 2. The molecule has 1 unspecified atom stereocenters. The van der Waals surface area contributed by atoms with Gasteiger partial charge in [0.2, 0.25) is 5.91 Å². The van der Waals surface area contributed by atoms with Crippen molar-refractivity contribution in [2.75, 3.05) is 18.4 Å². The van der Waals surface area contributed by atoms with Crippen molar-refractivity contribution in [2.45, 2.75) is 37.4 Å². The summed E-state index contributed by atoms with van der Waals surface area (Å²) in [7, 11) is 0. The lowest BCUT2D eigenvalue weighted by Crippen LogP contribution is -2.45. The zero-order valence-corrected chi connectivity index (χ0v) is 13.4. The topological polar surface area (TPSA) is 91.9 Å². The Hall–Kier alpha value is -2.71. The molecule has 0 saturated carbocycles. The first-order chi connectivity index (χ1) is 12.0. The fourth-order valence-corrected chi connectivity index (χ4v) is 3.38. The quantitative estimate of drug-likeness (QED) is 0.866. The van der Waals surface area contributed by atoms with Crippen LogP contribution in [-0.2, 0) is 4.79 Å². The maximum atomic E-state index is 14.0. The highest BCUT2D eigenvalue weighted by atomic mass is 19.1. The van der Waals surface area contributed by atoms with Crippen LogP contribution in [0.1, 0.15) is 24.8 Å². The Morgan fingerprint density at radius 2 is 2.04 bits per heavy atom. The number of likely N-dealkylation sites (tertiary alicyclic amines) is 1. The van der Waals surface area contributed by atoms with E-state index in [9.17, 15) is 13.6 Å². The van der Waals surface area contributed by atoms with Gasteiger partial charge in [-0.25, -0.2) is 8.78 Å². The number of nitrogens with zero attached hydrogens (tertiary/aromatic N) is 3. The van der Waals surface area contributed by atoms with Gasteiger partial charge in [0.1, 0.15) is 11.7 Å². The van der Waals surface area contributed by atoms with Crippen molar-refractivity contribution in [3.63, 3.8) is 0 Å². The fourth-order valence-electron chi connectivity index (χ4n) is 3.38. The summed E-state index contributed by atoms with van der Waals surface area (Å²) in [6.07, 6.45) is 1.85. The van der Waals surface area contributed by atoms with Gasteiger partial charge in [0.15, 0.2) is 11.6 Å². The fraction of sp³-hybridized carbons (Fsp3) is 0.471. The van der Waals surface area contributed by atoms with Gasteiger partial charge in [-0.3, -0.25) is 4.79 Å².